The molecule has 1 heterocycles. The summed E-state index contributed by atoms with van der Waals surface area (Å²) >= 11 is 6.15. The van der Waals surface area contributed by atoms with Gasteiger partial charge in [0.05, 0.1) is 12.2 Å². The maximum atomic E-state index is 12.9. The molecule has 0 aromatic heterocycles. The fourth-order valence-corrected chi connectivity index (χ4v) is 2.96. The normalized spacial score (nSPS) is 16.3. The highest BCUT2D eigenvalue weighted by Gasteiger charge is 2.29. The average Bonchev–Trinajstić information content (AvgIpc) is 2.58. The van der Waals surface area contributed by atoms with Gasteiger partial charge in [-0.2, -0.15) is 0 Å². The van der Waals surface area contributed by atoms with E-state index in [4.69, 9.17) is 16.3 Å². The van der Waals surface area contributed by atoms with Crippen molar-refractivity contribution in [3.8, 4) is 5.75 Å². The SMILES string of the molecule is CC[C@@H]1CN(C(=O)Nc2cccc(Cl)c2C)c2cc(C)ccc2O1. The van der Waals surface area contributed by atoms with Gasteiger partial charge in [-0.3, -0.25) is 4.90 Å². The second kappa shape index (κ2) is 6.73. The van der Waals surface area contributed by atoms with E-state index < -0.39 is 0 Å². The second-order valence-electron chi connectivity index (χ2n) is 6.07. The molecule has 0 spiro atoms. The summed E-state index contributed by atoms with van der Waals surface area (Å²) in [4.78, 5) is 14.6. The van der Waals surface area contributed by atoms with Crippen LogP contribution in [-0.2, 0) is 0 Å². The van der Waals surface area contributed by atoms with Crippen molar-refractivity contribution in [2.24, 2.45) is 0 Å². The molecule has 0 bridgehead atoms. The maximum Gasteiger partial charge on any atom is 0.326 e. The molecule has 1 atom stereocenters. The van der Waals surface area contributed by atoms with Crippen LogP contribution in [0.3, 0.4) is 0 Å². The standard InChI is InChI=1S/C19H21ClN2O2/c1-4-14-11-22(17-10-12(2)8-9-18(17)24-14)19(23)21-16-7-5-6-15(20)13(16)3/h5-10,14H,4,11H2,1-3H3,(H,21,23)/t14-/m1/s1. The molecule has 1 aliphatic rings. The minimum absolute atomic E-state index is 0.00795. The Morgan fingerprint density at radius 3 is 2.88 bits per heavy atom. The lowest BCUT2D eigenvalue weighted by Crippen LogP contribution is -2.45. The Bertz CT molecular complexity index is 776. The lowest BCUT2D eigenvalue weighted by Gasteiger charge is -2.35. The number of urea groups is 1. The number of aryl methyl sites for hydroxylation is 1. The van der Waals surface area contributed by atoms with Crippen LogP contribution < -0.4 is 15.0 Å². The molecule has 0 radical (unpaired) electrons. The van der Waals surface area contributed by atoms with Crippen LogP contribution in [0.5, 0.6) is 5.75 Å². The van der Waals surface area contributed by atoms with Crippen LogP contribution >= 0.6 is 11.6 Å². The molecule has 1 N–H and O–H groups in total. The van der Waals surface area contributed by atoms with Gasteiger partial charge in [0.2, 0.25) is 0 Å². The van der Waals surface area contributed by atoms with E-state index in [0.717, 1.165) is 34.7 Å². The van der Waals surface area contributed by atoms with Gasteiger partial charge < -0.3 is 10.1 Å². The minimum Gasteiger partial charge on any atom is -0.486 e. The average molecular weight is 345 g/mol. The van der Waals surface area contributed by atoms with Crippen LogP contribution in [0.25, 0.3) is 0 Å². The number of rotatable bonds is 2. The van der Waals surface area contributed by atoms with Gasteiger partial charge >= 0.3 is 6.03 Å². The van der Waals surface area contributed by atoms with Crippen molar-refractivity contribution in [3.63, 3.8) is 0 Å². The molecular formula is C19H21ClN2O2. The third-order valence-corrected chi connectivity index (χ3v) is 4.70. The van der Waals surface area contributed by atoms with Crippen LogP contribution in [-0.4, -0.2) is 18.7 Å². The first kappa shape index (κ1) is 16.7. The molecule has 3 rings (SSSR count). The van der Waals surface area contributed by atoms with Gasteiger partial charge in [-0.05, 0) is 55.7 Å². The third-order valence-electron chi connectivity index (χ3n) is 4.29. The molecule has 2 aromatic rings. The highest BCUT2D eigenvalue weighted by Crippen LogP contribution is 2.35. The fourth-order valence-electron chi connectivity index (χ4n) is 2.79. The molecule has 0 saturated heterocycles. The van der Waals surface area contributed by atoms with Crippen LogP contribution in [0.1, 0.15) is 24.5 Å². The third kappa shape index (κ3) is 3.20. The summed E-state index contributed by atoms with van der Waals surface area (Å²) in [5.74, 6) is 0.747. The number of amides is 2. The van der Waals surface area contributed by atoms with E-state index >= 15 is 0 Å². The maximum absolute atomic E-state index is 12.9. The van der Waals surface area contributed by atoms with Crippen LogP contribution in [0.4, 0.5) is 16.2 Å². The summed E-state index contributed by atoms with van der Waals surface area (Å²) in [6.45, 7) is 6.48. The number of anilines is 2. The Labute approximate surface area is 147 Å². The zero-order valence-corrected chi connectivity index (χ0v) is 14.9. The zero-order valence-electron chi connectivity index (χ0n) is 14.1. The van der Waals surface area contributed by atoms with Gasteiger partial charge in [0.1, 0.15) is 11.9 Å². The summed E-state index contributed by atoms with van der Waals surface area (Å²) < 4.78 is 5.97. The highest BCUT2D eigenvalue weighted by atomic mass is 35.5. The summed E-state index contributed by atoms with van der Waals surface area (Å²) in [5, 5.41) is 3.61. The number of benzene rings is 2. The van der Waals surface area contributed by atoms with E-state index in [9.17, 15) is 4.79 Å². The van der Waals surface area contributed by atoms with Gasteiger partial charge in [0.15, 0.2) is 0 Å². The van der Waals surface area contributed by atoms with Crippen molar-refractivity contribution in [3.05, 3.63) is 52.5 Å². The number of hydrogen-bond donors (Lipinski definition) is 1. The highest BCUT2D eigenvalue weighted by molar-refractivity contribution is 6.31. The molecule has 2 aromatic carbocycles. The topological polar surface area (TPSA) is 41.6 Å². The van der Waals surface area contributed by atoms with E-state index in [1.165, 1.54) is 0 Å². The minimum atomic E-state index is -0.172. The van der Waals surface area contributed by atoms with Gasteiger partial charge in [-0.15, -0.1) is 0 Å². The van der Waals surface area contributed by atoms with Crippen LogP contribution in [0.2, 0.25) is 5.02 Å². The van der Waals surface area contributed by atoms with Gasteiger partial charge in [-0.1, -0.05) is 30.7 Å². The molecule has 2 amide bonds. The molecule has 5 heteroatoms. The lowest BCUT2D eigenvalue weighted by atomic mass is 10.1. The first-order valence-corrected chi connectivity index (χ1v) is 8.48. The van der Waals surface area contributed by atoms with Crippen LogP contribution in [0, 0.1) is 13.8 Å². The Kier molecular flexibility index (Phi) is 4.67. The smallest absolute Gasteiger partial charge is 0.326 e. The molecule has 0 fully saturated rings. The summed E-state index contributed by atoms with van der Waals surface area (Å²) in [7, 11) is 0. The number of halogens is 1. The molecule has 0 unspecified atom stereocenters. The predicted molar refractivity (Wildman–Crippen MR) is 98.4 cm³/mol. The summed E-state index contributed by atoms with van der Waals surface area (Å²) in [6.07, 6.45) is 0.833. The molecule has 0 saturated carbocycles. The molecule has 1 aliphatic heterocycles. The number of nitrogens with one attached hydrogen (secondary N) is 1. The van der Waals surface area contributed by atoms with Crippen LogP contribution in [0.15, 0.2) is 36.4 Å². The Morgan fingerprint density at radius 2 is 2.12 bits per heavy atom. The zero-order chi connectivity index (χ0) is 17.3. The predicted octanol–water partition coefficient (Wildman–Crippen LogP) is 5.17. The largest absolute Gasteiger partial charge is 0.486 e. The first-order valence-electron chi connectivity index (χ1n) is 8.10. The van der Waals surface area contributed by atoms with Crippen molar-refractivity contribution < 1.29 is 9.53 Å². The number of carbonyl (C=O) groups is 1. The fraction of sp³-hybridized carbons (Fsp3) is 0.316. The molecule has 126 valence electrons. The Hall–Kier alpha value is -2.20. The van der Waals surface area contributed by atoms with E-state index in [1.54, 1.807) is 4.90 Å². The van der Waals surface area contributed by atoms with Crippen molar-refractivity contribution in [2.45, 2.75) is 33.3 Å². The van der Waals surface area contributed by atoms with Crippen molar-refractivity contribution in [2.75, 3.05) is 16.8 Å². The number of ether oxygens (including phenoxy) is 1. The molecule has 4 nitrogen and oxygen atoms in total. The van der Waals surface area contributed by atoms with E-state index in [0.29, 0.717) is 11.6 Å². The second-order valence-corrected chi connectivity index (χ2v) is 6.48. The Balaban J connectivity index is 1.91. The van der Waals surface area contributed by atoms with E-state index in [2.05, 4.69) is 12.2 Å². The Morgan fingerprint density at radius 1 is 1.33 bits per heavy atom. The number of fused-ring (bicyclic) bond motifs is 1. The van der Waals surface area contributed by atoms with Crippen molar-refractivity contribution in [1.82, 2.24) is 0 Å². The monoisotopic (exact) mass is 344 g/mol. The quantitative estimate of drug-likeness (QED) is 0.816. The number of nitrogens with zero attached hydrogens (tertiary/aromatic N) is 1. The number of carbonyl (C=O) groups excluding carboxylic acids is 1. The summed E-state index contributed by atoms with van der Waals surface area (Å²) in [5.41, 5.74) is 3.47. The summed E-state index contributed by atoms with van der Waals surface area (Å²) in [6, 6.07) is 11.2. The van der Waals surface area contributed by atoms with Gasteiger partial charge in [0, 0.05) is 10.7 Å². The van der Waals surface area contributed by atoms with Crippen molar-refractivity contribution >= 4 is 29.0 Å². The molecular weight excluding hydrogens is 324 g/mol. The van der Waals surface area contributed by atoms with Crippen molar-refractivity contribution in [1.29, 1.82) is 0 Å². The molecule has 0 aliphatic carbocycles. The van der Waals surface area contributed by atoms with E-state index in [1.807, 2.05) is 50.2 Å². The lowest BCUT2D eigenvalue weighted by molar-refractivity contribution is 0.188. The van der Waals surface area contributed by atoms with Gasteiger partial charge in [0.25, 0.3) is 0 Å². The molecule has 24 heavy (non-hydrogen) atoms. The first-order chi connectivity index (χ1) is 11.5. The van der Waals surface area contributed by atoms with Gasteiger partial charge in [-0.25, -0.2) is 4.79 Å². The number of hydrogen-bond acceptors (Lipinski definition) is 2. The van der Waals surface area contributed by atoms with E-state index in [-0.39, 0.29) is 12.1 Å².